The van der Waals surface area contributed by atoms with Gasteiger partial charge in [-0.25, -0.2) is 9.59 Å². The summed E-state index contributed by atoms with van der Waals surface area (Å²) in [5, 5.41) is 1.92. The summed E-state index contributed by atoms with van der Waals surface area (Å²) in [5.41, 5.74) is 1.86. The molecule has 1 aliphatic heterocycles. The zero-order valence-electron chi connectivity index (χ0n) is 19.3. The van der Waals surface area contributed by atoms with Gasteiger partial charge in [0.1, 0.15) is 0 Å². The molecule has 0 amide bonds. The predicted molar refractivity (Wildman–Crippen MR) is 126 cm³/mol. The lowest BCUT2D eigenvalue weighted by Crippen LogP contribution is -2.30. The van der Waals surface area contributed by atoms with Crippen LogP contribution >= 0.6 is 11.3 Å². The van der Waals surface area contributed by atoms with Crippen molar-refractivity contribution in [1.82, 2.24) is 4.90 Å². The summed E-state index contributed by atoms with van der Waals surface area (Å²) in [6, 6.07) is 9.55. The minimum Gasteiger partial charge on any atom is -0.493 e. The molecule has 8 heteroatoms. The third-order valence-corrected chi connectivity index (χ3v) is 6.13. The van der Waals surface area contributed by atoms with Crippen LogP contribution in [0.4, 0.5) is 0 Å². The van der Waals surface area contributed by atoms with E-state index in [-0.39, 0.29) is 13.2 Å². The molecule has 0 fully saturated rings. The summed E-state index contributed by atoms with van der Waals surface area (Å²) < 4.78 is 21.3. The lowest BCUT2D eigenvalue weighted by atomic mass is 9.88. The molecule has 1 aromatic carbocycles. The van der Waals surface area contributed by atoms with Gasteiger partial charge in [0.15, 0.2) is 11.5 Å². The smallest absolute Gasteiger partial charge is 0.336 e. The second kappa shape index (κ2) is 11.6. The van der Waals surface area contributed by atoms with Crippen molar-refractivity contribution in [2.75, 3.05) is 34.0 Å². The van der Waals surface area contributed by atoms with Crippen LogP contribution < -0.4 is 9.47 Å². The molecule has 33 heavy (non-hydrogen) atoms. The molecule has 2 aromatic rings. The Balaban J connectivity index is 1.93. The minimum atomic E-state index is -0.527. The normalized spacial score (nSPS) is 13.8. The average Bonchev–Trinajstić information content (AvgIpc) is 3.36. The largest absolute Gasteiger partial charge is 0.493 e. The van der Waals surface area contributed by atoms with E-state index in [1.807, 2.05) is 40.6 Å². The highest BCUT2D eigenvalue weighted by Gasteiger charge is 2.36. The van der Waals surface area contributed by atoms with Crippen LogP contribution in [0.5, 0.6) is 11.5 Å². The number of ether oxygens (including phenoxy) is 4. The van der Waals surface area contributed by atoms with Crippen LogP contribution in [0.2, 0.25) is 0 Å². The summed E-state index contributed by atoms with van der Waals surface area (Å²) in [6.45, 7) is 4.56. The van der Waals surface area contributed by atoms with Crippen LogP contribution in [0.15, 0.2) is 59.3 Å². The number of hydrogen-bond acceptors (Lipinski definition) is 8. The first-order valence-corrected chi connectivity index (χ1v) is 11.7. The fourth-order valence-corrected chi connectivity index (χ4v) is 4.53. The van der Waals surface area contributed by atoms with Crippen LogP contribution in [0, 0.1) is 0 Å². The number of nitrogens with zero attached hydrogens (tertiary/aromatic N) is 1. The molecule has 3 rings (SSSR count). The summed E-state index contributed by atoms with van der Waals surface area (Å²) in [4.78, 5) is 28.5. The van der Waals surface area contributed by atoms with Gasteiger partial charge in [-0.2, -0.15) is 0 Å². The van der Waals surface area contributed by atoms with Crippen molar-refractivity contribution in [1.29, 1.82) is 0 Å². The second-order valence-electron chi connectivity index (χ2n) is 7.24. The molecule has 2 heterocycles. The Morgan fingerprint density at radius 3 is 2.09 bits per heavy atom. The van der Waals surface area contributed by atoms with Gasteiger partial charge >= 0.3 is 11.9 Å². The van der Waals surface area contributed by atoms with Gasteiger partial charge in [-0.05, 0) is 49.4 Å². The van der Waals surface area contributed by atoms with E-state index in [2.05, 4.69) is 0 Å². The van der Waals surface area contributed by atoms with Crippen LogP contribution in [0.1, 0.15) is 30.2 Å². The van der Waals surface area contributed by atoms with Gasteiger partial charge in [0.25, 0.3) is 0 Å². The standard InChI is InChI=1S/C25H29NO6S/c1-5-31-24(27)18-15-26(12-11-17-9-10-20(29-3)21(14-17)30-4)16-19(25(28)32-6-2)23(18)22-8-7-13-33-22/h7-10,13-16,23H,5-6,11-12H2,1-4H3. The van der Waals surface area contributed by atoms with Crippen LogP contribution in [-0.2, 0) is 25.5 Å². The lowest BCUT2D eigenvalue weighted by molar-refractivity contribution is -0.139. The molecule has 0 aliphatic carbocycles. The molecule has 7 nitrogen and oxygen atoms in total. The number of esters is 2. The van der Waals surface area contributed by atoms with E-state index in [4.69, 9.17) is 18.9 Å². The van der Waals surface area contributed by atoms with E-state index in [0.29, 0.717) is 35.6 Å². The molecule has 0 spiro atoms. The number of hydrogen-bond donors (Lipinski definition) is 0. The van der Waals surface area contributed by atoms with Crippen molar-refractivity contribution >= 4 is 23.3 Å². The molecule has 0 unspecified atom stereocenters. The van der Waals surface area contributed by atoms with Gasteiger partial charge in [0.2, 0.25) is 0 Å². The maximum Gasteiger partial charge on any atom is 0.336 e. The van der Waals surface area contributed by atoms with Crippen LogP contribution in [0.25, 0.3) is 0 Å². The zero-order valence-corrected chi connectivity index (χ0v) is 20.1. The van der Waals surface area contributed by atoms with Crippen molar-refractivity contribution in [3.8, 4) is 11.5 Å². The van der Waals surface area contributed by atoms with Crippen LogP contribution in [0.3, 0.4) is 0 Å². The number of rotatable bonds is 10. The highest BCUT2D eigenvalue weighted by Crippen LogP contribution is 2.39. The predicted octanol–water partition coefficient (Wildman–Crippen LogP) is 4.30. The summed E-state index contributed by atoms with van der Waals surface area (Å²) in [5.74, 6) is -0.104. The molecule has 176 valence electrons. The number of carbonyl (C=O) groups is 2. The van der Waals surface area contributed by atoms with Gasteiger partial charge in [-0.3, -0.25) is 0 Å². The molecule has 0 radical (unpaired) electrons. The van der Waals surface area contributed by atoms with Crippen molar-refractivity contribution in [2.24, 2.45) is 0 Å². The molecule has 0 bridgehead atoms. The summed E-state index contributed by atoms with van der Waals surface area (Å²) >= 11 is 1.49. The first-order chi connectivity index (χ1) is 16.0. The summed E-state index contributed by atoms with van der Waals surface area (Å²) in [6.07, 6.45) is 4.20. The number of carbonyl (C=O) groups excluding carboxylic acids is 2. The summed E-state index contributed by atoms with van der Waals surface area (Å²) in [7, 11) is 3.19. The van der Waals surface area contributed by atoms with Gasteiger partial charge < -0.3 is 23.8 Å². The van der Waals surface area contributed by atoms with E-state index in [9.17, 15) is 9.59 Å². The van der Waals surface area contributed by atoms with Crippen molar-refractivity contribution < 1.29 is 28.5 Å². The molecule has 0 atom stereocenters. The van der Waals surface area contributed by atoms with E-state index in [1.54, 1.807) is 40.5 Å². The van der Waals surface area contributed by atoms with E-state index in [1.165, 1.54) is 11.3 Å². The SMILES string of the molecule is CCOC(=O)C1=CN(CCc2ccc(OC)c(OC)c2)C=C(C(=O)OCC)C1c1cccs1. The fraction of sp³-hybridized carbons (Fsp3) is 0.360. The fourth-order valence-electron chi connectivity index (χ4n) is 3.67. The Kier molecular flexibility index (Phi) is 8.54. The van der Waals surface area contributed by atoms with Gasteiger partial charge in [-0.15, -0.1) is 11.3 Å². The van der Waals surface area contributed by atoms with E-state index < -0.39 is 17.9 Å². The van der Waals surface area contributed by atoms with Gasteiger partial charge in [0, 0.05) is 23.8 Å². The average molecular weight is 472 g/mol. The van der Waals surface area contributed by atoms with Gasteiger partial charge in [-0.1, -0.05) is 12.1 Å². The number of benzene rings is 1. The lowest BCUT2D eigenvalue weighted by Gasteiger charge is -2.29. The Labute approximate surface area is 198 Å². The zero-order chi connectivity index (χ0) is 23.8. The Morgan fingerprint density at radius 1 is 0.939 bits per heavy atom. The Bertz CT molecular complexity index is 992. The van der Waals surface area contributed by atoms with Crippen molar-refractivity contribution in [3.63, 3.8) is 0 Å². The Hall–Kier alpha value is -3.26. The second-order valence-corrected chi connectivity index (χ2v) is 8.21. The molecule has 1 aliphatic rings. The quantitative estimate of drug-likeness (QED) is 0.478. The number of methoxy groups -OCH3 is 2. The van der Waals surface area contributed by atoms with Crippen molar-refractivity contribution in [3.05, 3.63) is 69.7 Å². The number of thiophene rings is 1. The Morgan fingerprint density at radius 2 is 1.58 bits per heavy atom. The monoisotopic (exact) mass is 471 g/mol. The first kappa shape index (κ1) is 24.4. The molecule has 0 N–H and O–H groups in total. The third kappa shape index (κ3) is 5.76. The molecule has 0 saturated carbocycles. The maximum absolute atomic E-state index is 12.9. The van der Waals surface area contributed by atoms with Crippen LogP contribution in [-0.4, -0.2) is 50.8 Å². The molecular formula is C25H29NO6S. The topological polar surface area (TPSA) is 74.3 Å². The third-order valence-electron chi connectivity index (χ3n) is 5.19. The molecule has 1 aromatic heterocycles. The van der Waals surface area contributed by atoms with Gasteiger partial charge in [0.05, 0.1) is 44.5 Å². The highest BCUT2D eigenvalue weighted by atomic mass is 32.1. The molecule has 0 saturated heterocycles. The minimum absolute atomic E-state index is 0.247. The van der Waals surface area contributed by atoms with E-state index >= 15 is 0 Å². The highest BCUT2D eigenvalue weighted by molar-refractivity contribution is 7.10. The van der Waals surface area contributed by atoms with Crippen molar-refractivity contribution in [2.45, 2.75) is 26.2 Å². The maximum atomic E-state index is 12.9. The molecular weight excluding hydrogens is 442 g/mol. The first-order valence-electron chi connectivity index (χ1n) is 10.8. The van der Waals surface area contributed by atoms with E-state index in [0.717, 1.165) is 10.4 Å².